The summed E-state index contributed by atoms with van der Waals surface area (Å²) in [6.07, 6.45) is 2.58. The lowest BCUT2D eigenvalue weighted by molar-refractivity contribution is -0.144. The zero-order valence-electron chi connectivity index (χ0n) is 20.5. The second-order valence-electron chi connectivity index (χ2n) is 9.86. The van der Waals surface area contributed by atoms with Gasteiger partial charge >= 0.3 is 0 Å². The molecule has 0 aliphatic heterocycles. The van der Waals surface area contributed by atoms with E-state index in [0.717, 1.165) is 12.8 Å². The zero-order chi connectivity index (χ0) is 26.5. The number of fused-ring (bicyclic) bond motifs is 3. The van der Waals surface area contributed by atoms with Crippen molar-refractivity contribution < 1.29 is 34.8 Å². The molecule has 1 aromatic carbocycles. The van der Waals surface area contributed by atoms with Gasteiger partial charge in [-0.25, -0.2) is 0 Å². The molecule has 4 rings (SSSR count). The predicted molar refractivity (Wildman–Crippen MR) is 132 cm³/mol. The number of aliphatic hydroxyl groups is 3. The fourth-order valence-corrected chi connectivity index (χ4v) is 5.58. The molecular formula is C27H30N2O7. The van der Waals surface area contributed by atoms with Crippen LogP contribution >= 0.6 is 0 Å². The van der Waals surface area contributed by atoms with Gasteiger partial charge in [0, 0.05) is 44.1 Å². The number of rotatable bonds is 4. The highest BCUT2D eigenvalue weighted by atomic mass is 16.3. The van der Waals surface area contributed by atoms with Gasteiger partial charge in [-0.1, -0.05) is 25.2 Å². The minimum Gasteiger partial charge on any atom is -0.511 e. The highest BCUT2D eigenvalue weighted by molar-refractivity contribution is 6.24. The average Bonchev–Trinajstić information content (AvgIpc) is 2.79. The molecule has 1 amide bonds. The average molecular weight is 495 g/mol. The Hall–Kier alpha value is -3.77. The summed E-state index contributed by atoms with van der Waals surface area (Å²) in [7, 11) is 3.61. The molecule has 0 heterocycles. The smallest absolute Gasteiger partial charge is 0.255 e. The predicted octanol–water partition coefficient (Wildman–Crippen LogP) is 2.19. The van der Waals surface area contributed by atoms with E-state index in [0.29, 0.717) is 17.7 Å². The highest BCUT2D eigenvalue weighted by Crippen LogP contribution is 2.52. The lowest BCUT2D eigenvalue weighted by Crippen LogP contribution is -2.57. The molecule has 0 spiro atoms. The molecule has 3 aliphatic carbocycles. The second-order valence-corrected chi connectivity index (χ2v) is 9.86. The van der Waals surface area contributed by atoms with Crippen LogP contribution in [0.1, 0.15) is 60.5 Å². The number of Topliss-reactive ketones (excluding diaryl/α,β-unsaturated/α-hetero) is 2. The van der Waals surface area contributed by atoms with Gasteiger partial charge in [-0.3, -0.25) is 14.4 Å². The molecule has 36 heavy (non-hydrogen) atoms. The maximum Gasteiger partial charge on any atom is 0.255 e. The standard InChI is InChI=1S/C27H30N2O7/c1-4-5-6-7-8-13-11-17(29(2)3)16-10-14-9-15-12-18(30)21(26(28)35)25(34)27(15,36)24(33)19(14)23(32)20(16)22(13)31/h11,14-15,30-31,33,36H,4-6,9-10,12H2,1-3H3,(H2,28,35)/t14-,15+,27+/m1/s1. The second kappa shape index (κ2) is 9.03. The van der Waals surface area contributed by atoms with Crippen molar-refractivity contribution in [3.05, 3.63) is 45.4 Å². The molecule has 0 fully saturated rings. The number of aromatic hydroxyl groups is 1. The van der Waals surface area contributed by atoms with E-state index in [1.54, 1.807) is 6.07 Å². The van der Waals surface area contributed by atoms with Gasteiger partial charge in [-0.2, -0.15) is 0 Å². The van der Waals surface area contributed by atoms with Gasteiger partial charge in [0.15, 0.2) is 11.4 Å². The number of nitrogens with zero attached hydrogens (tertiary/aromatic N) is 1. The molecule has 0 saturated heterocycles. The monoisotopic (exact) mass is 494 g/mol. The number of nitrogens with two attached hydrogens (primary N) is 1. The number of hydrogen-bond acceptors (Lipinski definition) is 8. The number of ketones is 2. The molecule has 0 radical (unpaired) electrons. The van der Waals surface area contributed by atoms with Gasteiger partial charge in [-0.15, -0.1) is 0 Å². The van der Waals surface area contributed by atoms with E-state index in [2.05, 4.69) is 11.8 Å². The number of aliphatic hydroxyl groups excluding tert-OH is 2. The minimum atomic E-state index is -2.58. The summed E-state index contributed by atoms with van der Waals surface area (Å²) in [5.74, 6) is -0.501. The number of phenols is 1. The first-order valence-electron chi connectivity index (χ1n) is 12.0. The Bertz CT molecular complexity index is 1310. The molecule has 0 unspecified atom stereocenters. The minimum absolute atomic E-state index is 0.0300. The Labute approximate surface area is 208 Å². The van der Waals surface area contributed by atoms with Crippen LogP contribution in [0.3, 0.4) is 0 Å². The number of carbonyl (C=O) groups is 3. The van der Waals surface area contributed by atoms with Crippen molar-refractivity contribution in [2.75, 3.05) is 19.0 Å². The molecule has 3 atom stereocenters. The number of hydrogen-bond donors (Lipinski definition) is 5. The van der Waals surface area contributed by atoms with E-state index >= 15 is 0 Å². The Morgan fingerprint density at radius 2 is 1.92 bits per heavy atom. The number of amides is 1. The largest absolute Gasteiger partial charge is 0.511 e. The molecule has 0 bridgehead atoms. The zero-order valence-corrected chi connectivity index (χ0v) is 20.5. The Balaban J connectivity index is 1.89. The van der Waals surface area contributed by atoms with Crippen molar-refractivity contribution in [1.82, 2.24) is 0 Å². The van der Waals surface area contributed by atoms with Gasteiger partial charge in [-0.05, 0) is 36.8 Å². The van der Waals surface area contributed by atoms with E-state index in [-0.39, 0.29) is 41.7 Å². The number of allylic oxidation sites excluding steroid dienone is 2. The first-order valence-corrected chi connectivity index (χ1v) is 12.0. The molecule has 6 N–H and O–H groups in total. The molecule has 0 saturated carbocycles. The van der Waals surface area contributed by atoms with Crippen LogP contribution in [0.4, 0.5) is 5.69 Å². The van der Waals surface area contributed by atoms with Crippen molar-refractivity contribution in [3.8, 4) is 17.6 Å². The lowest BCUT2D eigenvalue weighted by atomic mass is 9.60. The van der Waals surface area contributed by atoms with E-state index in [1.165, 1.54) is 0 Å². The van der Waals surface area contributed by atoms with Crippen molar-refractivity contribution in [1.29, 1.82) is 0 Å². The summed E-state index contributed by atoms with van der Waals surface area (Å²) < 4.78 is 0. The van der Waals surface area contributed by atoms with Crippen molar-refractivity contribution in [2.24, 2.45) is 17.6 Å². The third-order valence-electron chi connectivity index (χ3n) is 7.40. The fraction of sp³-hybridized carbons (Fsp3) is 0.444. The van der Waals surface area contributed by atoms with Crippen LogP contribution in [0.25, 0.3) is 0 Å². The summed E-state index contributed by atoms with van der Waals surface area (Å²) in [5, 5.41) is 43.8. The summed E-state index contributed by atoms with van der Waals surface area (Å²) >= 11 is 0. The third kappa shape index (κ3) is 3.64. The number of anilines is 1. The number of carbonyl (C=O) groups excluding carboxylic acids is 3. The van der Waals surface area contributed by atoms with Gasteiger partial charge in [0.1, 0.15) is 22.8 Å². The number of primary amides is 1. The van der Waals surface area contributed by atoms with E-state index in [1.807, 2.05) is 25.9 Å². The summed E-state index contributed by atoms with van der Waals surface area (Å²) in [4.78, 5) is 40.4. The van der Waals surface area contributed by atoms with E-state index in [4.69, 9.17) is 5.73 Å². The van der Waals surface area contributed by atoms with Crippen LogP contribution in [0.15, 0.2) is 28.7 Å². The normalized spacial score (nSPS) is 25.0. The number of benzene rings is 1. The molecule has 9 nitrogen and oxygen atoms in total. The van der Waals surface area contributed by atoms with Crippen molar-refractivity contribution >= 4 is 23.2 Å². The molecule has 0 aromatic heterocycles. The van der Waals surface area contributed by atoms with Crippen LogP contribution in [0.5, 0.6) is 5.75 Å². The SMILES string of the molecule is CCCCC#Cc1cc(N(C)C)c2c(c1O)C(=O)C1=C(O)[C@]3(O)C(=O)C(C(N)=O)=C(O)C[C@@H]3C[C@@H]1C2. The van der Waals surface area contributed by atoms with Crippen molar-refractivity contribution in [3.63, 3.8) is 0 Å². The van der Waals surface area contributed by atoms with Crippen LogP contribution in [0.2, 0.25) is 0 Å². The maximum atomic E-state index is 13.8. The quantitative estimate of drug-likeness (QED) is 0.242. The van der Waals surface area contributed by atoms with Gasteiger partial charge < -0.3 is 31.1 Å². The van der Waals surface area contributed by atoms with Crippen LogP contribution in [-0.4, -0.2) is 57.6 Å². The fourth-order valence-electron chi connectivity index (χ4n) is 5.58. The highest BCUT2D eigenvalue weighted by Gasteiger charge is 2.59. The Kier molecular flexibility index (Phi) is 6.35. The summed E-state index contributed by atoms with van der Waals surface area (Å²) in [6.45, 7) is 2.04. The van der Waals surface area contributed by atoms with Crippen LogP contribution in [-0.2, 0) is 16.0 Å². The topological polar surface area (TPSA) is 161 Å². The molecule has 1 aromatic rings. The van der Waals surface area contributed by atoms with Crippen LogP contribution < -0.4 is 10.6 Å². The van der Waals surface area contributed by atoms with E-state index < -0.39 is 52.0 Å². The molecule has 3 aliphatic rings. The van der Waals surface area contributed by atoms with E-state index in [9.17, 15) is 34.8 Å². The Morgan fingerprint density at radius 1 is 1.22 bits per heavy atom. The first kappa shape index (κ1) is 25.3. The Morgan fingerprint density at radius 3 is 2.53 bits per heavy atom. The van der Waals surface area contributed by atoms with Crippen LogP contribution in [0, 0.1) is 23.7 Å². The molecule has 9 heteroatoms. The van der Waals surface area contributed by atoms with Gasteiger partial charge in [0.05, 0.1) is 11.1 Å². The summed E-state index contributed by atoms with van der Waals surface area (Å²) in [6, 6.07) is 1.73. The molecule has 190 valence electrons. The summed E-state index contributed by atoms with van der Waals surface area (Å²) in [5.41, 5.74) is 3.19. The maximum absolute atomic E-state index is 13.8. The third-order valence-corrected chi connectivity index (χ3v) is 7.40. The number of phenolic OH excluding ortho intramolecular Hbond substituents is 1. The van der Waals surface area contributed by atoms with Gasteiger partial charge in [0.25, 0.3) is 5.91 Å². The van der Waals surface area contributed by atoms with Gasteiger partial charge in [0.2, 0.25) is 5.78 Å². The molecular weight excluding hydrogens is 464 g/mol. The lowest BCUT2D eigenvalue weighted by Gasteiger charge is -2.45. The first-order chi connectivity index (χ1) is 16.9. The van der Waals surface area contributed by atoms with Crippen molar-refractivity contribution in [2.45, 2.75) is 51.0 Å². The number of unbranched alkanes of at least 4 members (excludes halogenated alkanes) is 2.